The predicted octanol–water partition coefficient (Wildman–Crippen LogP) is 11.0. The Balaban J connectivity index is 3.54. The maximum absolute atomic E-state index is 11.9. The third-order valence-corrected chi connectivity index (χ3v) is 8.27. The molecule has 0 aliphatic rings. The highest BCUT2D eigenvalue weighted by atomic mass is 16.5. The van der Waals surface area contributed by atoms with Gasteiger partial charge in [0.15, 0.2) is 0 Å². The molecule has 0 atom stereocenters. The summed E-state index contributed by atoms with van der Waals surface area (Å²) in [5, 5.41) is 0. The van der Waals surface area contributed by atoms with Crippen molar-refractivity contribution in [3.05, 3.63) is 0 Å². The van der Waals surface area contributed by atoms with Crippen molar-refractivity contribution < 1.29 is 19.1 Å². The SMILES string of the molecule is CCCCCCCCCOC(=O)CCCCCCCN(CCC)CCCCCCCC(=O)OCCCCCCCCC. The zero-order valence-electron chi connectivity index (χ0n) is 28.7. The van der Waals surface area contributed by atoms with Gasteiger partial charge in [0, 0.05) is 12.8 Å². The van der Waals surface area contributed by atoms with Gasteiger partial charge in [-0.25, -0.2) is 0 Å². The highest BCUT2D eigenvalue weighted by Gasteiger charge is 2.06. The molecule has 0 N–H and O–H groups in total. The summed E-state index contributed by atoms with van der Waals surface area (Å²) in [5.41, 5.74) is 0. The van der Waals surface area contributed by atoms with Gasteiger partial charge in [0.1, 0.15) is 0 Å². The average Bonchev–Trinajstić information content (AvgIpc) is 2.98. The largest absolute Gasteiger partial charge is 0.466 e. The zero-order chi connectivity index (χ0) is 30.8. The number of carbonyl (C=O) groups excluding carboxylic acids is 2. The molecule has 5 heteroatoms. The molecule has 0 rings (SSSR count). The van der Waals surface area contributed by atoms with Gasteiger partial charge in [-0.15, -0.1) is 0 Å². The number of nitrogens with zero attached hydrogens (tertiary/aromatic N) is 1. The third-order valence-electron chi connectivity index (χ3n) is 8.27. The van der Waals surface area contributed by atoms with Crippen LogP contribution in [0.3, 0.4) is 0 Å². The van der Waals surface area contributed by atoms with Gasteiger partial charge in [0.2, 0.25) is 0 Å². The van der Waals surface area contributed by atoms with Crippen molar-refractivity contribution in [3.8, 4) is 0 Å². The first-order valence-electron chi connectivity index (χ1n) is 18.7. The molecule has 0 amide bonds. The zero-order valence-corrected chi connectivity index (χ0v) is 28.7. The second-order valence-electron chi connectivity index (χ2n) is 12.6. The molecule has 250 valence electrons. The van der Waals surface area contributed by atoms with Crippen LogP contribution in [0.2, 0.25) is 0 Å². The minimum atomic E-state index is -0.00570. The van der Waals surface area contributed by atoms with Gasteiger partial charge in [-0.1, -0.05) is 136 Å². The van der Waals surface area contributed by atoms with Gasteiger partial charge in [-0.2, -0.15) is 0 Å². The van der Waals surface area contributed by atoms with Crippen molar-refractivity contribution >= 4 is 11.9 Å². The van der Waals surface area contributed by atoms with Gasteiger partial charge in [-0.3, -0.25) is 9.59 Å². The molecule has 0 saturated heterocycles. The van der Waals surface area contributed by atoms with E-state index >= 15 is 0 Å². The van der Waals surface area contributed by atoms with E-state index in [1.807, 2.05) is 0 Å². The van der Waals surface area contributed by atoms with E-state index in [1.165, 1.54) is 142 Å². The lowest BCUT2D eigenvalue weighted by Crippen LogP contribution is -2.27. The maximum atomic E-state index is 11.9. The van der Waals surface area contributed by atoms with E-state index in [1.54, 1.807) is 0 Å². The summed E-state index contributed by atoms with van der Waals surface area (Å²) in [6.07, 6.45) is 31.5. The summed E-state index contributed by atoms with van der Waals surface area (Å²) in [6.45, 7) is 11.5. The molecule has 0 spiro atoms. The first-order valence-corrected chi connectivity index (χ1v) is 18.7. The second kappa shape index (κ2) is 34.4. The van der Waals surface area contributed by atoms with E-state index < -0.39 is 0 Å². The maximum Gasteiger partial charge on any atom is 0.305 e. The monoisotopic (exact) mass is 596 g/mol. The topological polar surface area (TPSA) is 55.8 Å². The quantitative estimate of drug-likeness (QED) is 0.0547. The molecule has 5 nitrogen and oxygen atoms in total. The fourth-order valence-electron chi connectivity index (χ4n) is 5.56. The van der Waals surface area contributed by atoms with Gasteiger partial charge in [0.05, 0.1) is 13.2 Å². The van der Waals surface area contributed by atoms with E-state index in [0.29, 0.717) is 26.1 Å². The number of carbonyl (C=O) groups is 2. The molecule has 0 aliphatic heterocycles. The second-order valence-corrected chi connectivity index (χ2v) is 12.6. The van der Waals surface area contributed by atoms with Crippen molar-refractivity contribution in [2.45, 2.75) is 194 Å². The Labute approximate surface area is 262 Å². The molecule has 0 unspecified atom stereocenters. The van der Waals surface area contributed by atoms with Gasteiger partial charge in [0.25, 0.3) is 0 Å². The van der Waals surface area contributed by atoms with E-state index in [0.717, 1.165) is 38.5 Å². The molecule has 0 heterocycles. The van der Waals surface area contributed by atoms with Crippen LogP contribution in [-0.4, -0.2) is 49.7 Å². The Morgan fingerprint density at radius 3 is 1.10 bits per heavy atom. The fraction of sp³-hybridized carbons (Fsp3) is 0.946. The summed E-state index contributed by atoms with van der Waals surface area (Å²) in [4.78, 5) is 26.5. The normalized spacial score (nSPS) is 11.3. The Kier molecular flexibility index (Phi) is 33.5. The predicted molar refractivity (Wildman–Crippen MR) is 180 cm³/mol. The number of unbranched alkanes of at least 4 members (excludes halogenated alkanes) is 20. The minimum absolute atomic E-state index is 0.00570. The van der Waals surface area contributed by atoms with E-state index in [2.05, 4.69) is 25.7 Å². The van der Waals surface area contributed by atoms with Crippen molar-refractivity contribution in [2.24, 2.45) is 0 Å². The van der Waals surface area contributed by atoms with Crippen molar-refractivity contribution in [1.82, 2.24) is 4.90 Å². The highest BCUT2D eigenvalue weighted by molar-refractivity contribution is 5.69. The first kappa shape index (κ1) is 40.9. The average molecular weight is 596 g/mol. The van der Waals surface area contributed by atoms with Crippen LogP contribution in [0.25, 0.3) is 0 Å². The molecule has 0 radical (unpaired) electrons. The van der Waals surface area contributed by atoms with Gasteiger partial charge >= 0.3 is 11.9 Å². The third kappa shape index (κ3) is 31.8. The molecular weight excluding hydrogens is 522 g/mol. The van der Waals surface area contributed by atoms with Crippen LogP contribution in [0, 0.1) is 0 Å². The molecule has 0 saturated carbocycles. The Hall–Kier alpha value is -1.10. The molecule has 0 aromatic rings. The van der Waals surface area contributed by atoms with E-state index in [4.69, 9.17) is 9.47 Å². The van der Waals surface area contributed by atoms with Crippen LogP contribution in [0.1, 0.15) is 194 Å². The molecule has 0 fully saturated rings. The first-order chi connectivity index (χ1) is 20.6. The number of hydrogen-bond donors (Lipinski definition) is 0. The van der Waals surface area contributed by atoms with Crippen LogP contribution in [0.15, 0.2) is 0 Å². The van der Waals surface area contributed by atoms with Gasteiger partial charge in [-0.05, 0) is 64.6 Å². The fourth-order valence-corrected chi connectivity index (χ4v) is 5.56. The summed E-state index contributed by atoms with van der Waals surface area (Å²) >= 11 is 0. The van der Waals surface area contributed by atoms with Crippen LogP contribution < -0.4 is 0 Å². The van der Waals surface area contributed by atoms with Crippen LogP contribution in [0.5, 0.6) is 0 Å². The van der Waals surface area contributed by atoms with Crippen LogP contribution in [-0.2, 0) is 19.1 Å². The lowest BCUT2D eigenvalue weighted by atomic mass is 10.1. The van der Waals surface area contributed by atoms with Crippen molar-refractivity contribution in [2.75, 3.05) is 32.8 Å². The van der Waals surface area contributed by atoms with Gasteiger partial charge < -0.3 is 14.4 Å². The number of rotatable bonds is 34. The van der Waals surface area contributed by atoms with Crippen LogP contribution in [0.4, 0.5) is 0 Å². The number of ether oxygens (including phenoxy) is 2. The smallest absolute Gasteiger partial charge is 0.305 e. The highest BCUT2D eigenvalue weighted by Crippen LogP contribution is 2.12. The Bertz CT molecular complexity index is 522. The molecule has 0 aromatic heterocycles. The summed E-state index contributed by atoms with van der Waals surface area (Å²) in [5.74, 6) is -0.0114. The lowest BCUT2D eigenvalue weighted by Gasteiger charge is -2.21. The van der Waals surface area contributed by atoms with E-state index in [-0.39, 0.29) is 11.9 Å². The summed E-state index contributed by atoms with van der Waals surface area (Å²) < 4.78 is 10.8. The molecule has 42 heavy (non-hydrogen) atoms. The lowest BCUT2D eigenvalue weighted by molar-refractivity contribution is -0.144. The Morgan fingerprint density at radius 1 is 0.381 bits per heavy atom. The van der Waals surface area contributed by atoms with Crippen molar-refractivity contribution in [1.29, 1.82) is 0 Å². The van der Waals surface area contributed by atoms with Crippen LogP contribution >= 0.6 is 0 Å². The summed E-state index contributed by atoms with van der Waals surface area (Å²) in [6, 6.07) is 0. The molecule has 0 aromatic carbocycles. The standard InChI is InChI=1S/C37H73NO4/c1-4-7-9-11-13-21-27-34-41-36(39)29-23-17-15-19-25-32-38(31-6-3)33-26-20-16-18-24-30-37(40)42-35-28-22-14-12-10-8-5-2/h4-35H2,1-3H3. The molecular formula is C37H73NO4. The number of esters is 2. The van der Waals surface area contributed by atoms with Crippen molar-refractivity contribution in [3.63, 3.8) is 0 Å². The molecule has 0 bridgehead atoms. The minimum Gasteiger partial charge on any atom is -0.466 e. The van der Waals surface area contributed by atoms with E-state index in [9.17, 15) is 9.59 Å². The summed E-state index contributed by atoms with van der Waals surface area (Å²) in [7, 11) is 0. The molecule has 0 aliphatic carbocycles. The Morgan fingerprint density at radius 2 is 0.714 bits per heavy atom. The number of hydrogen-bond acceptors (Lipinski definition) is 5.